The summed E-state index contributed by atoms with van der Waals surface area (Å²) in [5, 5.41) is 2.84. The Morgan fingerprint density at radius 3 is 2.48 bits per heavy atom. The monoisotopic (exact) mass is 562 g/mol. The maximum atomic E-state index is 14.2. The topological polar surface area (TPSA) is 93.7 Å². The fourth-order valence-corrected chi connectivity index (χ4v) is 7.78. The number of aromatic nitrogens is 2. The Labute approximate surface area is 237 Å². The van der Waals surface area contributed by atoms with Crippen molar-refractivity contribution in [3.63, 3.8) is 0 Å². The molecule has 3 aromatic rings. The van der Waals surface area contributed by atoms with Crippen molar-refractivity contribution in [2.75, 3.05) is 30.0 Å². The van der Waals surface area contributed by atoms with E-state index in [9.17, 15) is 9.00 Å². The van der Waals surface area contributed by atoms with Crippen LogP contribution in [0.4, 0.5) is 16.3 Å². The smallest absolute Gasteiger partial charge is 0.410 e. The van der Waals surface area contributed by atoms with E-state index in [2.05, 4.69) is 23.0 Å². The van der Waals surface area contributed by atoms with Gasteiger partial charge in [0.2, 0.25) is 0 Å². The summed E-state index contributed by atoms with van der Waals surface area (Å²) in [7, 11) is -2.49. The number of nitrogens with zero attached hydrogens (tertiary/aromatic N) is 3. The Morgan fingerprint density at radius 1 is 1.10 bits per heavy atom. The fourth-order valence-electron chi connectivity index (χ4n) is 5.39. The number of hydrogen-bond donors (Lipinski definition) is 1. The van der Waals surface area contributed by atoms with Crippen molar-refractivity contribution in [1.29, 1.82) is 0 Å². The van der Waals surface area contributed by atoms with Crippen molar-refractivity contribution >= 4 is 33.0 Å². The Kier molecular flexibility index (Phi) is 8.14. The summed E-state index contributed by atoms with van der Waals surface area (Å²) in [6, 6.07) is 18.4. The average Bonchev–Trinajstić information content (AvgIpc) is 3.50. The van der Waals surface area contributed by atoms with E-state index in [1.807, 2.05) is 38.1 Å². The van der Waals surface area contributed by atoms with Gasteiger partial charge in [-0.3, -0.25) is 9.53 Å². The second-order valence-corrected chi connectivity index (χ2v) is 14.2. The first-order valence-electron chi connectivity index (χ1n) is 13.9. The van der Waals surface area contributed by atoms with Gasteiger partial charge in [0.1, 0.15) is 11.6 Å². The lowest BCUT2D eigenvalue weighted by molar-refractivity contribution is 0.0985. The molecule has 1 saturated carbocycles. The van der Waals surface area contributed by atoms with Gasteiger partial charge < -0.3 is 14.4 Å². The third-order valence-electron chi connectivity index (χ3n) is 8.04. The van der Waals surface area contributed by atoms with Gasteiger partial charge in [-0.15, -0.1) is 0 Å². The van der Waals surface area contributed by atoms with Gasteiger partial charge in [-0.1, -0.05) is 31.0 Å². The van der Waals surface area contributed by atoms with Gasteiger partial charge in [0, 0.05) is 29.1 Å². The van der Waals surface area contributed by atoms with Crippen LogP contribution in [-0.2, 0) is 19.0 Å². The first-order valence-corrected chi connectivity index (χ1v) is 15.7. The number of benzene rings is 2. The van der Waals surface area contributed by atoms with Crippen LogP contribution in [0.2, 0.25) is 0 Å². The molecular formula is C31H38N4O4S. The quantitative estimate of drug-likeness (QED) is 0.360. The summed E-state index contributed by atoms with van der Waals surface area (Å²) in [6.07, 6.45) is 3.51. The summed E-state index contributed by atoms with van der Waals surface area (Å²) in [6.45, 7) is 8.08. The largest absolute Gasteiger partial charge is 0.417 e. The average molecular weight is 563 g/mol. The number of carbonyl (C=O) groups is 1. The summed E-state index contributed by atoms with van der Waals surface area (Å²) in [4.78, 5) is 24.5. The summed E-state index contributed by atoms with van der Waals surface area (Å²) in [5.74, 6) is 6.11. The number of morpholine rings is 1. The number of anilines is 2. The number of amides is 1. The SMILES string of the molecule is C=S(=O)(C1CCCC1)C(C)(C)c1cc(N2CCOC[C@@H]2C)nc(-c2ccc(NC(=O)Oc3ccccc3)cc2)n1. The van der Waals surface area contributed by atoms with E-state index in [1.54, 1.807) is 36.4 Å². The highest BCUT2D eigenvalue weighted by atomic mass is 32.2. The zero-order valence-electron chi connectivity index (χ0n) is 23.5. The van der Waals surface area contributed by atoms with Crippen LogP contribution in [0.15, 0.2) is 60.7 Å². The number of carbonyl (C=O) groups excluding carboxylic acids is 1. The van der Waals surface area contributed by atoms with Crippen LogP contribution in [0.1, 0.15) is 52.1 Å². The molecule has 1 unspecified atom stereocenters. The molecule has 1 aliphatic heterocycles. The highest BCUT2D eigenvalue weighted by Crippen LogP contribution is 2.39. The van der Waals surface area contributed by atoms with Crippen LogP contribution in [0, 0.1) is 0 Å². The van der Waals surface area contributed by atoms with Crippen LogP contribution < -0.4 is 15.0 Å². The molecule has 1 saturated heterocycles. The van der Waals surface area contributed by atoms with Crippen molar-refractivity contribution in [3.05, 3.63) is 66.4 Å². The van der Waals surface area contributed by atoms with Crippen LogP contribution in [-0.4, -0.2) is 57.2 Å². The first-order chi connectivity index (χ1) is 19.1. The van der Waals surface area contributed by atoms with Crippen LogP contribution in [0.5, 0.6) is 5.75 Å². The lowest BCUT2D eigenvalue weighted by atomic mass is 10.1. The van der Waals surface area contributed by atoms with E-state index >= 15 is 0 Å². The van der Waals surface area contributed by atoms with E-state index in [4.69, 9.17) is 19.4 Å². The van der Waals surface area contributed by atoms with E-state index in [0.717, 1.165) is 42.8 Å². The Balaban J connectivity index is 1.46. The molecule has 5 rings (SSSR count). The van der Waals surface area contributed by atoms with Crippen LogP contribution in [0.3, 0.4) is 0 Å². The Bertz CT molecular complexity index is 1440. The molecule has 0 bridgehead atoms. The third kappa shape index (κ3) is 5.86. The molecule has 40 heavy (non-hydrogen) atoms. The molecule has 1 aromatic heterocycles. The van der Waals surface area contributed by atoms with Gasteiger partial charge in [0.05, 0.1) is 29.7 Å². The van der Waals surface area contributed by atoms with E-state index < -0.39 is 20.4 Å². The van der Waals surface area contributed by atoms with Crippen LogP contribution in [0.25, 0.3) is 11.4 Å². The number of nitrogens with one attached hydrogen (secondary N) is 1. The molecule has 2 fully saturated rings. The molecule has 2 heterocycles. The third-order valence-corrected chi connectivity index (χ3v) is 11.5. The minimum absolute atomic E-state index is 0.0904. The predicted molar refractivity (Wildman–Crippen MR) is 162 cm³/mol. The molecule has 212 valence electrons. The molecular weight excluding hydrogens is 524 g/mol. The zero-order valence-corrected chi connectivity index (χ0v) is 24.3. The van der Waals surface area contributed by atoms with Gasteiger partial charge in [0.15, 0.2) is 5.82 Å². The summed E-state index contributed by atoms with van der Waals surface area (Å²) >= 11 is 0. The van der Waals surface area contributed by atoms with E-state index in [1.165, 1.54) is 0 Å². The summed E-state index contributed by atoms with van der Waals surface area (Å²) in [5.41, 5.74) is 2.11. The van der Waals surface area contributed by atoms with Crippen molar-refractivity contribution in [1.82, 2.24) is 9.97 Å². The molecule has 2 aromatic carbocycles. The van der Waals surface area contributed by atoms with Crippen molar-refractivity contribution < 1.29 is 18.5 Å². The second-order valence-electron chi connectivity index (χ2n) is 11.1. The van der Waals surface area contributed by atoms with Gasteiger partial charge in [-0.05, 0) is 85.4 Å². The minimum atomic E-state index is -2.49. The normalized spacial score (nSPS) is 19.7. The standard InChI is InChI=1S/C31H38N4O4S/c1-22-21-38-19-18-35(22)28-20-27(31(2,3)40(4,37)26-12-8-9-13-26)33-29(34-28)23-14-16-24(17-15-23)32-30(36)39-25-10-6-5-7-11-25/h5-7,10-11,14-17,20,22,26H,4,8-9,12-13,18-19,21H2,1-3H3,(H,32,36)/t22-,40?/m0/s1. The zero-order chi connectivity index (χ0) is 28.3. The van der Waals surface area contributed by atoms with Crippen molar-refractivity contribution in [2.24, 2.45) is 0 Å². The number of rotatable bonds is 7. The van der Waals surface area contributed by atoms with E-state index in [0.29, 0.717) is 37.0 Å². The number of ether oxygens (including phenoxy) is 2. The van der Waals surface area contributed by atoms with Crippen molar-refractivity contribution in [2.45, 2.75) is 62.5 Å². The lowest BCUT2D eigenvalue weighted by Crippen LogP contribution is -2.44. The number of hydrogen-bond acceptors (Lipinski definition) is 7. The second kappa shape index (κ2) is 11.6. The predicted octanol–water partition coefficient (Wildman–Crippen LogP) is 5.87. The molecule has 2 atom stereocenters. The molecule has 1 aliphatic carbocycles. The van der Waals surface area contributed by atoms with E-state index in [-0.39, 0.29) is 11.3 Å². The Hall–Kier alpha value is -3.43. The highest BCUT2D eigenvalue weighted by molar-refractivity contribution is 8.01. The summed E-state index contributed by atoms with van der Waals surface area (Å²) < 4.78 is 24.5. The molecule has 9 heteroatoms. The highest BCUT2D eigenvalue weighted by Gasteiger charge is 2.40. The minimum Gasteiger partial charge on any atom is -0.410 e. The molecule has 8 nitrogen and oxygen atoms in total. The van der Waals surface area contributed by atoms with Gasteiger partial charge in [-0.2, -0.15) is 0 Å². The van der Waals surface area contributed by atoms with Crippen molar-refractivity contribution in [3.8, 4) is 17.1 Å². The van der Waals surface area contributed by atoms with Gasteiger partial charge in [-0.25, -0.2) is 14.8 Å². The maximum absolute atomic E-state index is 14.2. The molecule has 1 N–H and O–H groups in total. The Morgan fingerprint density at radius 2 is 1.80 bits per heavy atom. The lowest BCUT2D eigenvalue weighted by Gasteiger charge is -2.36. The maximum Gasteiger partial charge on any atom is 0.417 e. The number of para-hydroxylation sites is 1. The fraction of sp³-hybridized carbons (Fsp3) is 0.419. The molecule has 0 spiro atoms. The molecule has 2 aliphatic rings. The molecule has 1 amide bonds. The van der Waals surface area contributed by atoms with Gasteiger partial charge >= 0.3 is 6.09 Å². The first kappa shape index (κ1) is 28.1. The molecule has 0 radical (unpaired) electrons. The van der Waals surface area contributed by atoms with Gasteiger partial charge in [0.25, 0.3) is 0 Å². The van der Waals surface area contributed by atoms with Crippen LogP contribution >= 0.6 is 0 Å².